The molecule has 1 aliphatic carbocycles. The van der Waals surface area contributed by atoms with Crippen molar-refractivity contribution in [2.75, 3.05) is 25.0 Å². The molecule has 1 aliphatic heterocycles. The highest BCUT2D eigenvalue weighted by atomic mass is 79.9. The molecule has 2 aliphatic rings. The number of amides is 1. The molecule has 1 aromatic heterocycles. The molecule has 1 aromatic rings. The summed E-state index contributed by atoms with van der Waals surface area (Å²) in [7, 11) is 0. The van der Waals surface area contributed by atoms with Crippen molar-refractivity contribution in [3.8, 4) is 0 Å². The number of hydrogen-bond donors (Lipinski definition) is 0. The molecule has 0 atom stereocenters. The lowest BCUT2D eigenvalue weighted by molar-refractivity contribution is 0.0161. The summed E-state index contributed by atoms with van der Waals surface area (Å²) < 4.78 is 5.73. The topological polar surface area (TPSA) is 29.5 Å². The van der Waals surface area contributed by atoms with Crippen LogP contribution in [0.25, 0.3) is 0 Å². The third kappa shape index (κ3) is 3.10. The van der Waals surface area contributed by atoms with Crippen molar-refractivity contribution >= 4 is 33.2 Å². The van der Waals surface area contributed by atoms with Crippen molar-refractivity contribution < 1.29 is 9.53 Å². The van der Waals surface area contributed by atoms with Gasteiger partial charge >= 0.3 is 0 Å². The molecule has 0 radical (unpaired) electrons. The fraction of sp³-hybridized carbons (Fsp3) is 0.667. The fourth-order valence-electron chi connectivity index (χ4n) is 3.03. The number of carbonyl (C=O) groups excluding carboxylic acids is 1. The molecule has 0 bridgehead atoms. The second-order valence-corrected chi connectivity index (χ2v) is 7.39. The number of alkyl halides is 1. The molecular weight excluding hydrogens is 338 g/mol. The lowest BCUT2D eigenvalue weighted by Crippen LogP contribution is -2.40. The lowest BCUT2D eigenvalue weighted by atomic mass is 10.1. The van der Waals surface area contributed by atoms with Gasteiger partial charge in [-0.1, -0.05) is 15.9 Å². The number of rotatable bonds is 4. The van der Waals surface area contributed by atoms with Gasteiger partial charge in [-0.15, -0.1) is 11.3 Å². The summed E-state index contributed by atoms with van der Waals surface area (Å²) >= 11 is 5.08. The lowest BCUT2D eigenvalue weighted by Gasteiger charge is -2.31. The number of ether oxygens (including phenoxy) is 1. The summed E-state index contributed by atoms with van der Waals surface area (Å²) in [4.78, 5) is 16.9. The minimum Gasteiger partial charge on any atom is -0.377 e. The molecule has 3 nitrogen and oxygen atoms in total. The first-order valence-electron chi connectivity index (χ1n) is 7.36. The van der Waals surface area contributed by atoms with Crippen LogP contribution in [0.2, 0.25) is 0 Å². The first kappa shape index (κ1) is 14.5. The van der Waals surface area contributed by atoms with Gasteiger partial charge in [0.1, 0.15) is 0 Å². The van der Waals surface area contributed by atoms with Crippen LogP contribution in [-0.4, -0.2) is 41.9 Å². The predicted octanol–water partition coefficient (Wildman–Crippen LogP) is 3.25. The second kappa shape index (κ2) is 6.58. The van der Waals surface area contributed by atoms with E-state index in [1.54, 1.807) is 11.3 Å². The maximum absolute atomic E-state index is 12.5. The van der Waals surface area contributed by atoms with Gasteiger partial charge in [0.25, 0.3) is 5.91 Å². The number of likely N-dealkylation sites (tertiary alicyclic amines) is 1. The van der Waals surface area contributed by atoms with Crippen LogP contribution in [0, 0.1) is 0 Å². The van der Waals surface area contributed by atoms with E-state index < -0.39 is 0 Å². The summed E-state index contributed by atoms with van der Waals surface area (Å²) in [5, 5.41) is 0.882. The van der Waals surface area contributed by atoms with Crippen molar-refractivity contribution in [1.29, 1.82) is 0 Å². The molecule has 0 spiro atoms. The van der Waals surface area contributed by atoms with E-state index in [1.807, 2.05) is 4.90 Å². The van der Waals surface area contributed by atoms with Gasteiger partial charge in [-0.3, -0.25) is 4.79 Å². The van der Waals surface area contributed by atoms with Gasteiger partial charge in [0.05, 0.1) is 17.6 Å². The molecule has 1 fully saturated rings. The molecule has 5 heteroatoms. The van der Waals surface area contributed by atoms with Crippen LogP contribution in [0.3, 0.4) is 0 Å². The van der Waals surface area contributed by atoms with E-state index in [0.29, 0.717) is 6.10 Å². The summed E-state index contributed by atoms with van der Waals surface area (Å²) in [5.74, 6) is 0.225. The van der Waals surface area contributed by atoms with E-state index in [9.17, 15) is 4.79 Å². The van der Waals surface area contributed by atoms with E-state index in [-0.39, 0.29) is 5.91 Å². The van der Waals surface area contributed by atoms with Crippen molar-refractivity contribution in [1.82, 2.24) is 4.90 Å². The average molecular weight is 358 g/mol. The number of aryl methyl sites for hydroxylation is 2. The number of nitrogens with zero attached hydrogens (tertiary/aromatic N) is 1. The highest BCUT2D eigenvalue weighted by Crippen LogP contribution is 2.31. The van der Waals surface area contributed by atoms with Crippen molar-refractivity contribution in [2.24, 2.45) is 0 Å². The van der Waals surface area contributed by atoms with Crippen LogP contribution in [0.4, 0.5) is 0 Å². The number of piperidine rings is 1. The Balaban J connectivity index is 1.56. The minimum absolute atomic E-state index is 0.225. The predicted molar refractivity (Wildman–Crippen MR) is 85.0 cm³/mol. The Hall–Kier alpha value is -0.390. The summed E-state index contributed by atoms with van der Waals surface area (Å²) in [6, 6.07) is 2.13. The fourth-order valence-corrected chi connectivity index (χ4v) is 4.44. The van der Waals surface area contributed by atoms with E-state index >= 15 is 0 Å². The molecule has 1 saturated heterocycles. The van der Waals surface area contributed by atoms with Crippen molar-refractivity contribution in [2.45, 2.75) is 38.2 Å². The van der Waals surface area contributed by atoms with Crippen LogP contribution >= 0.6 is 27.3 Å². The van der Waals surface area contributed by atoms with Gasteiger partial charge < -0.3 is 9.64 Å². The smallest absolute Gasteiger partial charge is 0.263 e. The molecule has 0 unspecified atom stereocenters. The standard InChI is InChI=1S/C15H20BrNO2S/c16-6-9-19-12-4-7-17(8-5-12)15(18)14-10-11-2-1-3-13(11)20-14/h10,12H,1-9H2. The molecule has 0 N–H and O–H groups in total. The number of halogens is 1. The summed E-state index contributed by atoms with van der Waals surface area (Å²) in [6.07, 6.45) is 5.82. The molecule has 1 amide bonds. The second-order valence-electron chi connectivity index (χ2n) is 5.46. The maximum atomic E-state index is 12.5. The number of fused-ring (bicyclic) bond motifs is 1. The van der Waals surface area contributed by atoms with Crippen molar-refractivity contribution in [3.63, 3.8) is 0 Å². The SMILES string of the molecule is O=C(c1cc2c(s1)CCC2)N1CCC(OCCBr)CC1. The highest BCUT2D eigenvalue weighted by molar-refractivity contribution is 9.09. The van der Waals surface area contributed by atoms with E-state index in [4.69, 9.17) is 4.74 Å². The molecule has 3 rings (SSSR count). The Labute approximate surface area is 132 Å². The Morgan fingerprint density at radius 3 is 2.90 bits per heavy atom. The van der Waals surface area contributed by atoms with Gasteiger partial charge in [0.15, 0.2) is 0 Å². The highest BCUT2D eigenvalue weighted by Gasteiger charge is 2.26. The Bertz CT molecular complexity index is 459. The largest absolute Gasteiger partial charge is 0.377 e. The number of thiophene rings is 1. The zero-order valence-corrected chi connectivity index (χ0v) is 14.0. The molecule has 2 heterocycles. The third-order valence-electron chi connectivity index (χ3n) is 4.12. The van der Waals surface area contributed by atoms with Gasteiger partial charge in [-0.05, 0) is 43.7 Å². The van der Waals surface area contributed by atoms with Gasteiger partial charge in [0.2, 0.25) is 0 Å². The number of carbonyl (C=O) groups is 1. The zero-order valence-electron chi connectivity index (χ0n) is 11.6. The molecular formula is C15H20BrNO2S. The first-order valence-corrected chi connectivity index (χ1v) is 9.30. The van der Waals surface area contributed by atoms with E-state index in [2.05, 4.69) is 22.0 Å². The zero-order chi connectivity index (χ0) is 13.9. The minimum atomic E-state index is 0.225. The molecule has 110 valence electrons. The first-order chi connectivity index (χ1) is 9.78. The van der Waals surface area contributed by atoms with E-state index in [1.165, 1.54) is 16.9 Å². The Morgan fingerprint density at radius 1 is 1.40 bits per heavy atom. The average Bonchev–Trinajstić information content (AvgIpc) is 3.06. The normalized spacial score (nSPS) is 19.4. The Morgan fingerprint density at radius 2 is 2.20 bits per heavy atom. The van der Waals surface area contributed by atoms with Crippen LogP contribution in [0.1, 0.15) is 39.4 Å². The van der Waals surface area contributed by atoms with Crippen LogP contribution < -0.4 is 0 Å². The van der Waals surface area contributed by atoms with E-state index in [0.717, 1.165) is 55.6 Å². The van der Waals surface area contributed by atoms with Crippen molar-refractivity contribution in [3.05, 3.63) is 21.4 Å². The van der Waals surface area contributed by atoms with Gasteiger partial charge in [-0.25, -0.2) is 0 Å². The van der Waals surface area contributed by atoms with Crippen LogP contribution in [0.15, 0.2) is 6.07 Å². The van der Waals surface area contributed by atoms with Crippen LogP contribution in [-0.2, 0) is 17.6 Å². The monoisotopic (exact) mass is 357 g/mol. The molecule has 0 saturated carbocycles. The summed E-state index contributed by atoms with van der Waals surface area (Å²) in [6.45, 7) is 2.42. The molecule has 20 heavy (non-hydrogen) atoms. The van der Waals surface area contributed by atoms with Gasteiger partial charge in [0, 0.05) is 23.3 Å². The van der Waals surface area contributed by atoms with Crippen LogP contribution in [0.5, 0.6) is 0 Å². The Kier molecular flexibility index (Phi) is 4.79. The summed E-state index contributed by atoms with van der Waals surface area (Å²) in [5.41, 5.74) is 1.41. The quantitative estimate of drug-likeness (QED) is 0.774. The van der Waals surface area contributed by atoms with Gasteiger partial charge in [-0.2, -0.15) is 0 Å². The maximum Gasteiger partial charge on any atom is 0.263 e. The number of hydrogen-bond acceptors (Lipinski definition) is 3. The third-order valence-corrected chi connectivity index (χ3v) is 5.67. The molecule has 0 aromatic carbocycles.